The molecule has 7 nitrogen and oxygen atoms in total. The second-order valence-corrected chi connectivity index (χ2v) is 7.34. The van der Waals surface area contributed by atoms with Crippen molar-refractivity contribution in [3.63, 3.8) is 0 Å². The molecule has 1 amide bonds. The number of para-hydroxylation sites is 1. The van der Waals surface area contributed by atoms with Crippen LogP contribution in [0.4, 0.5) is 11.7 Å². The highest BCUT2D eigenvalue weighted by Gasteiger charge is 2.63. The summed E-state index contributed by atoms with van der Waals surface area (Å²) in [6, 6.07) is 14.4. The number of nitrogens with two attached hydrogens (primary N) is 1. The molecule has 1 spiro atoms. The molecule has 1 aliphatic heterocycles. The van der Waals surface area contributed by atoms with E-state index in [9.17, 15) is 9.59 Å². The Labute approximate surface area is 170 Å². The number of hydrogen-bond acceptors (Lipinski definition) is 6. The SMILES string of the molecule is C=CCN1C(=O)[C@]2(c3ccccc3-c3oc(N)nc32)c2c1c1ccccc1oc2=O. The molecule has 3 heterocycles. The number of amides is 1. The van der Waals surface area contributed by atoms with Crippen molar-refractivity contribution in [2.75, 3.05) is 17.2 Å². The number of rotatable bonds is 2. The highest BCUT2D eigenvalue weighted by molar-refractivity contribution is 6.19. The zero-order valence-corrected chi connectivity index (χ0v) is 15.7. The van der Waals surface area contributed by atoms with Crippen LogP contribution in [0, 0.1) is 0 Å². The van der Waals surface area contributed by atoms with Gasteiger partial charge in [0.1, 0.15) is 11.3 Å². The minimum absolute atomic E-state index is 0.0597. The third-order valence-electron chi connectivity index (χ3n) is 5.88. The Kier molecular flexibility index (Phi) is 3.06. The zero-order valence-electron chi connectivity index (χ0n) is 15.7. The van der Waals surface area contributed by atoms with E-state index in [4.69, 9.17) is 14.6 Å². The number of aromatic nitrogens is 1. The number of benzene rings is 2. The summed E-state index contributed by atoms with van der Waals surface area (Å²) in [5.41, 5.74) is 6.58. The third-order valence-corrected chi connectivity index (χ3v) is 5.88. The van der Waals surface area contributed by atoms with Crippen molar-refractivity contribution in [3.8, 4) is 11.3 Å². The lowest BCUT2D eigenvalue weighted by Crippen LogP contribution is -2.42. The van der Waals surface area contributed by atoms with Crippen molar-refractivity contribution in [3.05, 3.63) is 88.4 Å². The number of hydrogen-bond donors (Lipinski definition) is 1. The Balaban J connectivity index is 1.85. The summed E-state index contributed by atoms with van der Waals surface area (Å²) in [5.74, 6) is 0.0935. The largest absolute Gasteiger partial charge is 0.423 e. The van der Waals surface area contributed by atoms with E-state index in [1.165, 1.54) is 0 Å². The van der Waals surface area contributed by atoms with E-state index in [-0.39, 0.29) is 24.0 Å². The maximum Gasteiger partial charge on any atom is 0.343 e. The van der Waals surface area contributed by atoms with Gasteiger partial charge in [0.25, 0.3) is 6.01 Å². The van der Waals surface area contributed by atoms with Gasteiger partial charge in [-0.3, -0.25) is 4.79 Å². The van der Waals surface area contributed by atoms with Gasteiger partial charge in [0.05, 0.1) is 11.3 Å². The van der Waals surface area contributed by atoms with E-state index in [0.29, 0.717) is 39.2 Å². The van der Waals surface area contributed by atoms with Crippen LogP contribution in [0.1, 0.15) is 16.8 Å². The molecule has 4 aromatic rings. The first-order valence-corrected chi connectivity index (χ1v) is 9.45. The summed E-state index contributed by atoms with van der Waals surface area (Å²) in [6.07, 6.45) is 1.63. The molecular weight excluding hydrogens is 382 g/mol. The molecule has 1 atom stereocenters. The molecule has 0 bridgehead atoms. The second-order valence-electron chi connectivity index (χ2n) is 7.34. The number of anilines is 2. The van der Waals surface area contributed by atoms with Gasteiger partial charge in [-0.15, -0.1) is 6.58 Å². The number of carbonyl (C=O) groups is 1. The number of fused-ring (bicyclic) bond motifs is 9. The fourth-order valence-corrected chi connectivity index (χ4v) is 4.84. The van der Waals surface area contributed by atoms with Crippen molar-refractivity contribution in [1.29, 1.82) is 0 Å². The van der Waals surface area contributed by atoms with Gasteiger partial charge < -0.3 is 19.5 Å². The normalized spacial score (nSPS) is 18.7. The molecule has 7 heteroatoms. The average molecular weight is 397 g/mol. The Hall–Kier alpha value is -4.13. The van der Waals surface area contributed by atoms with E-state index in [1.807, 2.05) is 36.4 Å². The van der Waals surface area contributed by atoms with Gasteiger partial charge in [0, 0.05) is 17.5 Å². The van der Waals surface area contributed by atoms with Crippen molar-refractivity contribution < 1.29 is 13.6 Å². The van der Waals surface area contributed by atoms with Crippen molar-refractivity contribution >= 4 is 28.6 Å². The predicted molar refractivity (Wildman–Crippen MR) is 111 cm³/mol. The van der Waals surface area contributed by atoms with Gasteiger partial charge >= 0.3 is 5.63 Å². The molecule has 30 heavy (non-hydrogen) atoms. The minimum Gasteiger partial charge on any atom is -0.423 e. The van der Waals surface area contributed by atoms with Crippen molar-refractivity contribution in [1.82, 2.24) is 4.98 Å². The lowest BCUT2D eigenvalue weighted by molar-refractivity contribution is -0.120. The van der Waals surface area contributed by atoms with Gasteiger partial charge in [-0.25, -0.2) is 4.79 Å². The fraction of sp³-hybridized carbons (Fsp3) is 0.0870. The van der Waals surface area contributed by atoms with E-state index >= 15 is 0 Å². The quantitative estimate of drug-likeness (QED) is 0.412. The molecule has 0 saturated carbocycles. The first-order valence-electron chi connectivity index (χ1n) is 9.45. The summed E-state index contributed by atoms with van der Waals surface area (Å²) in [5, 5.41) is 0.668. The van der Waals surface area contributed by atoms with Crippen molar-refractivity contribution in [2.45, 2.75) is 5.41 Å². The van der Waals surface area contributed by atoms with E-state index < -0.39 is 11.0 Å². The Bertz CT molecular complexity index is 1470. The maximum atomic E-state index is 14.1. The standard InChI is InChI=1S/C23H15N3O4/c1-2-11-26-17-13-8-4-6-10-15(13)29-20(27)16(17)23(21(26)28)14-9-5-3-7-12(14)18-19(23)25-22(24)30-18/h2-10H,1,11H2,(H2,24,25)/t23-/m1/s1. The highest BCUT2D eigenvalue weighted by atomic mass is 16.4. The van der Waals surface area contributed by atoms with Gasteiger partial charge in [-0.1, -0.05) is 42.5 Å². The second kappa shape index (κ2) is 5.48. The first kappa shape index (κ1) is 16.8. The van der Waals surface area contributed by atoms with E-state index in [1.54, 1.807) is 23.1 Å². The molecule has 146 valence electrons. The number of nitrogen functional groups attached to an aromatic ring is 1. The Morgan fingerprint density at radius 1 is 1.10 bits per heavy atom. The van der Waals surface area contributed by atoms with Crippen LogP contribution in [-0.2, 0) is 10.2 Å². The van der Waals surface area contributed by atoms with Gasteiger partial charge in [0.15, 0.2) is 11.2 Å². The summed E-state index contributed by atoms with van der Waals surface area (Å²) in [6.45, 7) is 4.02. The molecule has 0 radical (unpaired) electrons. The zero-order chi connectivity index (χ0) is 20.6. The fourth-order valence-electron chi connectivity index (χ4n) is 4.84. The van der Waals surface area contributed by atoms with Gasteiger partial charge in [-0.2, -0.15) is 4.98 Å². The predicted octanol–water partition coefficient (Wildman–Crippen LogP) is 3.21. The molecule has 0 unspecified atom stereocenters. The molecule has 2 aliphatic rings. The molecule has 6 rings (SSSR count). The van der Waals surface area contributed by atoms with Gasteiger partial charge in [-0.05, 0) is 17.7 Å². The van der Waals surface area contributed by atoms with Crippen LogP contribution in [0.25, 0.3) is 22.3 Å². The van der Waals surface area contributed by atoms with E-state index in [0.717, 1.165) is 0 Å². The minimum atomic E-state index is -1.48. The highest BCUT2D eigenvalue weighted by Crippen LogP contribution is 2.58. The molecule has 1 aliphatic carbocycles. The van der Waals surface area contributed by atoms with Crippen molar-refractivity contribution in [2.24, 2.45) is 0 Å². The molecule has 0 saturated heterocycles. The van der Waals surface area contributed by atoms with Crippen LogP contribution in [0.5, 0.6) is 0 Å². The van der Waals surface area contributed by atoms with Gasteiger partial charge in [0.2, 0.25) is 5.91 Å². The summed E-state index contributed by atoms with van der Waals surface area (Å²) < 4.78 is 11.3. The topological polar surface area (TPSA) is 103 Å². The van der Waals surface area contributed by atoms with Crippen LogP contribution in [0.3, 0.4) is 0 Å². The van der Waals surface area contributed by atoms with Crippen LogP contribution in [-0.4, -0.2) is 17.4 Å². The molecule has 2 N–H and O–H groups in total. The van der Waals surface area contributed by atoms with Crippen LogP contribution >= 0.6 is 0 Å². The maximum absolute atomic E-state index is 14.1. The summed E-state index contributed by atoms with van der Waals surface area (Å²) in [7, 11) is 0. The first-order chi connectivity index (χ1) is 14.6. The third kappa shape index (κ3) is 1.73. The number of nitrogens with zero attached hydrogens (tertiary/aromatic N) is 2. The van der Waals surface area contributed by atoms with Crippen LogP contribution < -0.4 is 16.3 Å². The molecular formula is C23H15N3O4. The average Bonchev–Trinajstić information content (AvgIpc) is 3.34. The summed E-state index contributed by atoms with van der Waals surface area (Å²) in [4.78, 5) is 33.4. The summed E-state index contributed by atoms with van der Waals surface area (Å²) >= 11 is 0. The molecule has 0 fully saturated rings. The number of carbonyl (C=O) groups excluding carboxylic acids is 1. The smallest absolute Gasteiger partial charge is 0.343 e. The van der Waals surface area contributed by atoms with Crippen LogP contribution in [0.2, 0.25) is 0 Å². The monoisotopic (exact) mass is 397 g/mol. The number of oxazole rings is 1. The van der Waals surface area contributed by atoms with Crippen LogP contribution in [0.15, 0.2) is 74.8 Å². The van der Waals surface area contributed by atoms with E-state index in [2.05, 4.69) is 11.6 Å². The Morgan fingerprint density at radius 3 is 2.70 bits per heavy atom. The Morgan fingerprint density at radius 2 is 1.87 bits per heavy atom. The molecule has 2 aromatic heterocycles. The lowest BCUT2D eigenvalue weighted by atomic mass is 9.76. The molecule has 2 aromatic carbocycles. The lowest BCUT2D eigenvalue weighted by Gasteiger charge is -2.23.